The van der Waals surface area contributed by atoms with Crippen LogP contribution in [0.1, 0.15) is 5.56 Å². The molecule has 54 valence electrons. The Morgan fingerprint density at radius 1 is 1.27 bits per heavy atom. The fourth-order valence-electron chi connectivity index (χ4n) is 1.21. The van der Waals surface area contributed by atoms with E-state index in [1.807, 2.05) is 30.5 Å². The van der Waals surface area contributed by atoms with E-state index in [0.29, 0.717) is 0 Å². The van der Waals surface area contributed by atoms with Crippen molar-refractivity contribution in [2.24, 2.45) is 0 Å². The van der Waals surface area contributed by atoms with Gasteiger partial charge in [0.2, 0.25) is 0 Å². The molecule has 0 spiro atoms. The molecule has 0 saturated heterocycles. The summed E-state index contributed by atoms with van der Waals surface area (Å²) in [6.45, 7) is 0. The molecule has 2 nitrogen and oxygen atoms in total. The average molecular weight is 144 g/mol. The van der Waals surface area contributed by atoms with E-state index < -0.39 is 0 Å². The van der Waals surface area contributed by atoms with Crippen LogP contribution in [0.2, 0.25) is 0 Å². The molecule has 1 aromatic heterocycles. The summed E-state index contributed by atoms with van der Waals surface area (Å²) in [5.74, 6) is 0. The Labute approximate surface area is 64.4 Å². The fraction of sp³-hybridized carbons (Fsp3) is 0. The number of nitrogens with one attached hydrogen (secondary N) is 2. The molecule has 2 rings (SSSR count). The predicted molar refractivity (Wildman–Crippen MR) is 46.2 cm³/mol. The molecule has 2 aromatic rings. The first-order valence-corrected chi connectivity index (χ1v) is 3.48. The van der Waals surface area contributed by atoms with Crippen LogP contribution < -0.4 is 0 Å². The molecular formula is C9H8N2. The van der Waals surface area contributed by atoms with Gasteiger partial charge in [0.1, 0.15) is 0 Å². The lowest BCUT2D eigenvalue weighted by Gasteiger charge is -1.87. The maximum Gasteiger partial charge on any atom is 0.0460 e. The van der Waals surface area contributed by atoms with Crippen LogP contribution in [0.15, 0.2) is 30.5 Å². The van der Waals surface area contributed by atoms with E-state index >= 15 is 0 Å². The van der Waals surface area contributed by atoms with E-state index in [9.17, 15) is 0 Å². The minimum Gasteiger partial charge on any atom is -0.361 e. The van der Waals surface area contributed by atoms with Crippen LogP contribution in [0, 0.1) is 5.41 Å². The van der Waals surface area contributed by atoms with Gasteiger partial charge in [-0.3, -0.25) is 0 Å². The maximum atomic E-state index is 7.10. The van der Waals surface area contributed by atoms with E-state index in [1.165, 1.54) is 6.21 Å². The minimum absolute atomic E-state index is 0.945. The Morgan fingerprint density at radius 2 is 2.09 bits per heavy atom. The highest BCUT2D eigenvalue weighted by Crippen LogP contribution is 2.14. The summed E-state index contributed by atoms with van der Waals surface area (Å²) in [7, 11) is 0. The van der Waals surface area contributed by atoms with Gasteiger partial charge in [-0.1, -0.05) is 18.2 Å². The summed E-state index contributed by atoms with van der Waals surface area (Å²) in [4.78, 5) is 3.09. The summed E-state index contributed by atoms with van der Waals surface area (Å²) < 4.78 is 0. The highest BCUT2D eigenvalue weighted by Gasteiger charge is 1.97. The second-order valence-electron chi connectivity index (χ2n) is 2.43. The molecule has 0 fully saturated rings. The van der Waals surface area contributed by atoms with Crippen molar-refractivity contribution >= 4 is 17.1 Å². The molecule has 1 aromatic carbocycles. The second-order valence-corrected chi connectivity index (χ2v) is 2.43. The van der Waals surface area contributed by atoms with Gasteiger partial charge in [0.25, 0.3) is 0 Å². The van der Waals surface area contributed by atoms with Crippen molar-refractivity contribution in [1.29, 1.82) is 5.41 Å². The summed E-state index contributed by atoms with van der Waals surface area (Å²) >= 11 is 0. The third kappa shape index (κ3) is 0.835. The molecular weight excluding hydrogens is 136 g/mol. The largest absolute Gasteiger partial charge is 0.361 e. The Hall–Kier alpha value is -1.57. The van der Waals surface area contributed by atoms with Crippen LogP contribution in [0.25, 0.3) is 10.9 Å². The van der Waals surface area contributed by atoms with Gasteiger partial charge in [-0.25, -0.2) is 0 Å². The number of H-pyrrole nitrogens is 1. The van der Waals surface area contributed by atoms with Crippen molar-refractivity contribution in [1.82, 2.24) is 4.98 Å². The standard InChI is InChI=1S/C9H8N2/c10-5-7-6-11-9-4-2-1-3-8(7)9/h1-6,10-11H. The van der Waals surface area contributed by atoms with Crippen LogP contribution in [0.5, 0.6) is 0 Å². The fourth-order valence-corrected chi connectivity index (χ4v) is 1.21. The van der Waals surface area contributed by atoms with Gasteiger partial charge in [0.05, 0.1) is 0 Å². The van der Waals surface area contributed by atoms with E-state index in [2.05, 4.69) is 4.98 Å². The Balaban J connectivity index is 2.86. The van der Waals surface area contributed by atoms with Crippen molar-refractivity contribution in [2.75, 3.05) is 0 Å². The Bertz CT molecular complexity index is 387. The summed E-state index contributed by atoms with van der Waals surface area (Å²) in [6.07, 6.45) is 3.20. The van der Waals surface area contributed by atoms with E-state index in [1.54, 1.807) is 0 Å². The molecule has 11 heavy (non-hydrogen) atoms. The molecule has 0 aliphatic heterocycles. The second kappa shape index (κ2) is 2.23. The lowest BCUT2D eigenvalue weighted by Crippen LogP contribution is -1.72. The van der Waals surface area contributed by atoms with Gasteiger partial charge < -0.3 is 10.4 Å². The summed E-state index contributed by atoms with van der Waals surface area (Å²) in [5.41, 5.74) is 2.03. The molecule has 2 heteroatoms. The first-order valence-electron chi connectivity index (χ1n) is 3.48. The topological polar surface area (TPSA) is 39.6 Å². The van der Waals surface area contributed by atoms with Crippen molar-refractivity contribution in [3.8, 4) is 0 Å². The number of fused-ring (bicyclic) bond motifs is 1. The van der Waals surface area contributed by atoms with Gasteiger partial charge >= 0.3 is 0 Å². The number of hydrogen-bond donors (Lipinski definition) is 2. The molecule has 0 aliphatic rings. The summed E-state index contributed by atoms with van der Waals surface area (Å²) in [6, 6.07) is 7.96. The van der Waals surface area contributed by atoms with Crippen LogP contribution in [0.3, 0.4) is 0 Å². The van der Waals surface area contributed by atoms with Crippen molar-refractivity contribution in [3.63, 3.8) is 0 Å². The number of aromatic amines is 1. The van der Waals surface area contributed by atoms with E-state index in [0.717, 1.165) is 16.5 Å². The summed E-state index contributed by atoms with van der Waals surface area (Å²) in [5, 5.41) is 8.21. The minimum atomic E-state index is 0.945. The van der Waals surface area contributed by atoms with Gasteiger partial charge in [0.15, 0.2) is 0 Å². The lowest BCUT2D eigenvalue weighted by atomic mass is 10.2. The first kappa shape index (κ1) is 6.16. The Kier molecular flexibility index (Phi) is 1.25. The molecule has 0 bridgehead atoms. The third-order valence-electron chi connectivity index (χ3n) is 1.78. The third-order valence-corrected chi connectivity index (χ3v) is 1.78. The van der Waals surface area contributed by atoms with Crippen molar-refractivity contribution in [3.05, 3.63) is 36.0 Å². The first-order chi connectivity index (χ1) is 5.42. The van der Waals surface area contributed by atoms with Crippen LogP contribution in [-0.4, -0.2) is 11.2 Å². The van der Waals surface area contributed by atoms with Crippen molar-refractivity contribution in [2.45, 2.75) is 0 Å². The molecule has 1 heterocycles. The molecule has 0 unspecified atom stereocenters. The van der Waals surface area contributed by atoms with Crippen LogP contribution >= 0.6 is 0 Å². The number of rotatable bonds is 1. The molecule has 0 amide bonds. The van der Waals surface area contributed by atoms with Crippen LogP contribution in [0.4, 0.5) is 0 Å². The average Bonchev–Trinajstić information content (AvgIpc) is 2.47. The van der Waals surface area contributed by atoms with Gasteiger partial charge in [-0.15, -0.1) is 0 Å². The number of aromatic nitrogens is 1. The molecule has 0 saturated carbocycles. The van der Waals surface area contributed by atoms with Crippen molar-refractivity contribution < 1.29 is 0 Å². The molecule has 0 aliphatic carbocycles. The molecule has 0 radical (unpaired) electrons. The van der Waals surface area contributed by atoms with Gasteiger partial charge in [-0.05, 0) is 6.07 Å². The maximum absolute atomic E-state index is 7.10. The molecule has 0 atom stereocenters. The zero-order valence-corrected chi connectivity index (χ0v) is 5.96. The monoisotopic (exact) mass is 144 g/mol. The van der Waals surface area contributed by atoms with E-state index in [4.69, 9.17) is 5.41 Å². The smallest absolute Gasteiger partial charge is 0.0460 e. The Morgan fingerprint density at radius 3 is 2.91 bits per heavy atom. The normalized spacial score (nSPS) is 10.2. The zero-order chi connectivity index (χ0) is 7.68. The highest BCUT2D eigenvalue weighted by molar-refractivity contribution is 5.97. The van der Waals surface area contributed by atoms with E-state index in [-0.39, 0.29) is 0 Å². The number of hydrogen-bond acceptors (Lipinski definition) is 1. The zero-order valence-electron chi connectivity index (χ0n) is 5.96. The SMILES string of the molecule is N=Cc1c[nH]c2ccccc12. The lowest BCUT2D eigenvalue weighted by molar-refractivity contribution is 1.46. The van der Waals surface area contributed by atoms with Crippen LogP contribution in [-0.2, 0) is 0 Å². The van der Waals surface area contributed by atoms with Gasteiger partial charge in [-0.2, -0.15) is 0 Å². The highest BCUT2D eigenvalue weighted by atomic mass is 14.7. The predicted octanol–water partition coefficient (Wildman–Crippen LogP) is 2.17. The van der Waals surface area contributed by atoms with Gasteiger partial charge in [0, 0.05) is 28.9 Å². The number of benzene rings is 1. The molecule has 2 N–H and O–H groups in total. The number of para-hydroxylation sites is 1. The quantitative estimate of drug-likeness (QED) is 0.576.